The predicted octanol–water partition coefficient (Wildman–Crippen LogP) is -6.44. The van der Waals surface area contributed by atoms with Gasteiger partial charge in [-0.3, -0.25) is 0 Å². The lowest BCUT2D eigenvalue weighted by Crippen LogP contribution is -2.63. The van der Waals surface area contributed by atoms with Crippen molar-refractivity contribution in [3.63, 3.8) is 0 Å². The summed E-state index contributed by atoms with van der Waals surface area (Å²) in [5, 5.41) is 153. The van der Waals surface area contributed by atoms with Crippen molar-refractivity contribution in [2.24, 2.45) is 0 Å². The molecule has 1 heterocycles. The number of aliphatic hydroxyl groups excluding tert-OH is 14. The van der Waals surface area contributed by atoms with Crippen molar-refractivity contribution in [3.05, 3.63) is 0 Å². The Kier molecular flexibility index (Phi) is 47.8. The Morgan fingerprint density at radius 3 is 1.14 bits per heavy atom. The maximum Gasteiger partial charge on any atom is 0.317 e. The van der Waals surface area contributed by atoms with E-state index in [1.54, 1.807) is 0 Å². The van der Waals surface area contributed by atoms with Gasteiger partial charge in [0.05, 0.1) is 85.9 Å². The van der Waals surface area contributed by atoms with E-state index in [0.717, 1.165) is 0 Å². The lowest BCUT2D eigenvalue weighted by atomic mass is 10.3. The summed E-state index contributed by atoms with van der Waals surface area (Å²) >= 11 is 0. The third-order valence-electron chi connectivity index (χ3n) is 11.1. The van der Waals surface area contributed by atoms with Gasteiger partial charge in [-0.25, -0.2) is 19.6 Å². The quantitative estimate of drug-likeness (QED) is 0.00885. The highest BCUT2D eigenvalue weighted by atomic mass is 28.5. The summed E-state index contributed by atoms with van der Waals surface area (Å²) in [5.74, 6) is 0. The van der Waals surface area contributed by atoms with Gasteiger partial charge in [0.2, 0.25) is 12.6 Å². The lowest BCUT2D eigenvalue weighted by Gasteiger charge is -2.47. The van der Waals surface area contributed by atoms with Gasteiger partial charge in [0, 0.05) is 26.4 Å². The number of aliphatic hydroxyl groups is 16. The molecule has 16 N–H and O–H groups in total. The first-order valence-electron chi connectivity index (χ1n) is 27.8. The van der Waals surface area contributed by atoms with Crippen LogP contribution < -0.4 is 0 Å². The van der Waals surface area contributed by atoms with Crippen LogP contribution in [0.15, 0.2) is 0 Å². The van der Waals surface area contributed by atoms with Gasteiger partial charge in [0.1, 0.15) is 69.7 Å². The molecule has 0 aromatic rings. The maximum atomic E-state index is 10.5. The molecule has 38 heteroatoms. The Balaban J connectivity index is 3.10. The van der Waals surface area contributed by atoms with Gasteiger partial charge in [0.25, 0.3) is 0 Å². The van der Waals surface area contributed by atoms with Crippen molar-refractivity contribution in [2.45, 2.75) is 150 Å². The molecule has 0 bridgehead atoms. The van der Waals surface area contributed by atoms with Crippen LogP contribution in [0.3, 0.4) is 0 Å². The van der Waals surface area contributed by atoms with E-state index in [-0.39, 0.29) is 106 Å². The van der Waals surface area contributed by atoms with Crippen molar-refractivity contribution in [1.82, 2.24) is 0 Å². The van der Waals surface area contributed by atoms with E-state index >= 15 is 0 Å². The Morgan fingerprint density at radius 2 is 0.679 bits per heavy atom. The second kappa shape index (κ2) is 49.2. The Morgan fingerprint density at radius 1 is 0.333 bits per heavy atom. The predicted molar refractivity (Wildman–Crippen MR) is 292 cm³/mol. The zero-order valence-electron chi connectivity index (χ0n) is 48.4. The molecular formula is C46H100O34Si4. The zero-order chi connectivity index (χ0) is 62.7. The summed E-state index contributed by atoms with van der Waals surface area (Å²) in [5.41, 5.74) is 0. The van der Waals surface area contributed by atoms with Crippen LogP contribution in [-0.4, -0.2) is 336 Å². The van der Waals surface area contributed by atoms with Gasteiger partial charge in [-0.05, 0) is 75.9 Å². The summed E-state index contributed by atoms with van der Waals surface area (Å²) in [6.07, 6.45) is -13.7. The van der Waals surface area contributed by atoms with Crippen LogP contribution in [-0.2, 0) is 83.4 Å². The summed E-state index contributed by atoms with van der Waals surface area (Å²) in [6.45, 7) is 1.29. The summed E-state index contributed by atoms with van der Waals surface area (Å²) in [7, 11) is -12.4. The van der Waals surface area contributed by atoms with Gasteiger partial charge >= 0.3 is 35.0 Å². The van der Waals surface area contributed by atoms with Crippen LogP contribution in [0.4, 0.5) is 0 Å². The van der Waals surface area contributed by atoms with Crippen molar-refractivity contribution in [2.75, 3.05) is 145 Å². The second-order valence-corrected chi connectivity index (χ2v) is 33.3. The lowest BCUT2D eigenvalue weighted by molar-refractivity contribution is -0.433. The molecule has 1 fully saturated rings. The second-order valence-electron chi connectivity index (χ2n) is 20.0. The molecule has 0 aromatic heterocycles. The number of hydrogen-bond donors (Lipinski definition) is 16. The molecule has 1 aliphatic heterocycles. The number of hydrogen-bond acceptors (Lipinski definition) is 34. The summed E-state index contributed by atoms with van der Waals surface area (Å²) in [6, 6.07) is 1.70. The molecule has 0 saturated carbocycles. The fourth-order valence-corrected chi connectivity index (χ4v) is 28.0. The van der Waals surface area contributed by atoms with Gasteiger partial charge in [-0.15, -0.1) is 0 Å². The normalized spacial score (nSPS) is 23.5. The third-order valence-corrected chi connectivity index (χ3v) is 28.7. The summed E-state index contributed by atoms with van der Waals surface area (Å²) in [4.78, 5) is 18.4. The van der Waals surface area contributed by atoms with Crippen molar-refractivity contribution in [1.29, 1.82) is 0 Å². The standard InChI is InChI=1S/C46H100O34Si4/c1-82(14-5-4-9-63-21-37(51)23-69-27-39(53)25-67-19-35(49)17-47)77-81(13-6-10-64-22-38(52)24-70-28-40(54)26-68-20-36(50)18-48)78-83(2,15-7-11-65-31-43(59)72-33-44(60)71-29-41(55)56)80-84(3,79-82)16-8-12-66-32-45(61)75-74-34-46(62)76-73-30-42(57)58/h35-62,81H,4-34H2,1-3H3. The molecule has 84 heavy (non-hydrogen) atoms. The Bertz CT molecular complexity index is 1520. The van der Waals surface area contributed by atoms with Crippen LogP contribution in [0.25, 0.3) is 0 Å². The average Bonchev–Trinajstić information content (AvgIpc) is 3.54. The number of unbranched alkanes of at least 4 members (excludes halogenated alkanes) is 1. The van der Waals surface area contributed by atoms with E-state index < -0.39 is 149 Å². The highest BCUT2D eigenvalue weighted by Crippen LogP contribution is 2.35. The monoisotopic (exact) mass is 1310 g/mol. The molecule has 1 saturated heterocycles. The molecule has 0 spiro atoms. The van der Waals surface area contributed by atoms with E-state index in [4.69, 9.17) is 104 Å². The first-order valence-corrected chi connectivity index (χ1v) is 37.1. The van der Waals surface area contributed by atoms with Crippen LogP contribution in [0.1, 0.15) is 32.1 Å². The zero-order valence-corrected chi connectivity index (χ0v) is 52.6. The molecule has 504 valence electrons. The molecule has 1 rings (SSSR count). The minimum absolute atomic E-state index is 0.0480. The molecule has 0 aromatic carbocycles. The number of ether oxygens (including phenoxy) is 10. The minimum Gasteiger partial charge on any atom is -0.418 e. The highest BCUT2D eigenvalue weighted by molar-refractivity contribution is 6.90. The fraction of sp³-hybridized carbons (Fsp3) is 1.00. The molecule has 34 nitrogen and oxygen atoms in total. The minimum atomic E-state index is -3.27. The SMILES string of the molecule is C[Si]1(CCCCOCC(O)COCC(O)COCC(O)CO)O[SiH](CCCOCC(O)COCC(O)COCC(O)CO)O[Si](C)(CCCOCC(O)OCC(O)OCC(O)O)O[Si](C)(CCCOCC(O)OOCC(O)OOCC(O)O)O1. The van der Waals surface area contributed by atoms with Crippen molar-refractivity contribution < 1.29 is 165 Å². The largest absolute Gasteiger partial charge is 0.418 e. The Hall–Kier alpha value is -0.492. The molecular weight excluding hydrogens is 1210 g/mol. The maximum absolute atomic E-state index is 10.5. The fourth-order valence-electron chi connectivity index (χ4n) is 7.36. The van der Waals surface area contributed by atoms with Gasteiger partial charge in [-0.2, -0.15) is 0 Å². The van der Waals surface area contributed by atoms with Crippen molar-refractivity contribution >= 4 is 35.0 Å². The van der Waals surface area contributed by atoms with Crippen LogP contribution >= 0.6 is 0 Å². The third kappa shape index (κ3) is 45.7. The molecule has 0 aliphatic carbocycles. The summed E-state index contributed by atoms with van der Waals surface area (Å²) < 4.78 is 82.1. The van der Waals surface area contributed by atoms with Crippen LogP contribution in [0.5, 0.6) is 0 Å². The molecule has 0 radical (unpaired) electrons. The van der Waals surface area contributed by atoms with E-state index in [9.17, 15) is 51.1 Å². The average molecular weight is 1310 g/mol. The van der Waals surface area contributed by atoms with Crippen molar-refractivity contribution in [3.8, 4) is 0 Å². The van der Waals surface area contributed by atoms with Gasteiger partial charge < -0.3 is 146 Å². The van der Waals surface area contributed by atoms with Gasteiger partial charge in [-0.1, -0.05) is 0 Å². The van der Waals surface area contributed by atoms with E-state index in [1.165, 1.54) is 0 Å². The van der Waals surface area contributed by atoms with Crippen LogP contribution in [0.2, 0.25) is 43.8 Å². The molecule has 14 unspecified atom stereocenters. The first kappa shape index (κ1) is 81.5. The van der Waals surface area contributed by atoms with E-state index in [2.05, 4.69) is 9.78 Å². The topological polar surface area (TPSA) is 490 Å². The smallest absolute Gasteiger partial charge is 0.317 e. The molecule has 0 amide bonds. The van der Waals surface area contributed by atoms with Crippen LogP contribution in [0, 0.1) is 0 Å². The Labute approximate surface area is 494 Å². The van der Waals surface area contributed by atoms with Gasteiger partial charge in [0.15, 0.2) is 25.2 Å². The molecule has 1 aliphatic rings. The molecule has 14 atom stereocenters. The first-order chi connectivity index (χ1) is 39.9. The van der Waals surface area contributed by atoms with E-state index in [0.29, 0.717) is 56.3 Å². The van der Waals surface area contributed by atoms with E-state index in [1.807, 2.05) is 19.6 Å². The highest BCUT2D eigenvalue weighted by Gasteiger charge is 2.52. The number of rotatable bonds is 57.